The Morgan fingerprint density at radius 2 is 2.16 bits per heavy atom. The Balaban J connectivity index is 1.35. The molecular weight excluding hydrogens is 452 g/mol. The first-order valence-corrected chi connectivity index (χ1v) is 12.5. The van der Waals surface area contributed by atoms with E-state index in [4.69, 9.17) is 21.3 Å². The minimum Gasteiger partial charge on any atom is -0.377 e. The molecule has 9 nitrogen and oxygen atoms in total. The summed E-state index contributed by atoms with van der Waals surface area (Å²) in [6.07, 6.45) is 4.32. The van der Waals surface area contributed by atoms with Crippen molar-refractivity contribution in [2.75, 3.05) is 25.5 Å². The number of halogens is 1. The van der Waals surface area contributed by atoms with Gasteiger partial charge in [0.2, 0.25) is 0 Å². The van der Waals surface area contributed by atoms with Crippen LogP contribution in [-0.2, 0) is 21.0 Å². The van der Waals surface area contributed by atoms with Crippen LogP contribution < -0.4 is 5.32 Å². The molecule has 1 unspecified atom stereocenters. The first-order chi connectivity index (χ1) is 15.4. The number of rotatable bonds is 5. The molecule has 0 saturated carbocycles. The zero-order valence-electron chi connectivity index (χ0n) is 17.1. The van der Waals surface area contributed by atoms with Crippen molar-refractivity contribution in [3.8, 4) is 0 Å². The number of benzene rings is 1. The van der Waals surface area contributed by atoms with E-state index in [1.807, 2.05) is 18.2 Å². The zero-order chi connectivity index (χ0) is 21.9. The highest BCUT2D eigenvalue weighted by Gasteiger charge is 2.46. The fourth-order valence-corrected chi connectivity index (χ4v) is 6.30. The highest BCUT2D eigenvalue weighted by molar-refractivity contribution is 7.91. The number of hydrogen-bond acceptors (Lipinski definition) is 7. The Morgan fingerprint density at radius 1 is 1.28 bits per heavy atom. The van der Waals surface area contributed by atoms with E-state index in [9.17, 15) is 8.42 Å². The molecule has 6 rings (SSSR count). The molecule has 4 aromatic rings. The number of aromatic amines is 1. The molecule has 0 amide bonds. The number of hydrogen-bond donors (Lipinski definition) is 2. The Labute approximate surface area is 189 Å². The van der Waals surface area contributed by atoms with Crippen LogP contribution in [-0.4, -0.2) is 64.2 Å². The van der Waals surface area contributed by atoms with E-state index in [-0.39, 0.29) is 28.8 Å². The molecule has 0 radical (unpaired) electrons. The minimum atomic E-state index is -3.63. The number of fused-ring (bicyclic) bond motifs is 2. The maximum absolute atomic E-state index is 13.2. The van der Waals surface area contributed by atoms with Crippen LogP contribution in [0.2, 0.25) is 5.02 Å². The van der Waals surface area contributed by atoms with Gasteiger partial charge in [-0.2, -0.15) is 5.10 Å². The van der Waals surface area contributed by atoms with Crippen LogP contribution in [0.15, 0.2) is 41.7 Å². The quantitative estimate of drug-likeness (QED) is 0.458. The summed E-state index contributed by atoms with van der Waals surface area (Å²) in [5.41, 5.74) is 2.34. The van der Waals surface area contributed by atoms with Crippen LogP contribution in [0.25, 0.3) is 21.9 Å². The molecule has 0 bridgehead atoms. The van der Waals surface area contributed by atoms with Crippen molar-refractivity contribution >= 4 is 43.4 Å². The molecule has 1 atom stereocenters. The van der Waals surface area contributed by atoms with Crippen molar-refractivity contribution in [1.82, 2.24) is 30.0 Å². The third kappa shape index (κ3) is 3.21. The molecule has 0 aliphatic carbocycles. The van der Waals surface area contributed by atoms with Gasteiger partial charge in [0.05, 0.1) is 47.3 Å². The molecule has 3 aromatic heterocycles. The number of nitrogens with zero attached hydrogens (tertiary/aromatic N) is 4. The number of aryl methyl sites for hydroxylation is 1. The molecule has 1 aromatic carbocycles. The van der Waals surface area contributed by atoms with Crippen LogP contribution in [0.5, 0.6) is 0 Å². The Bertz CT molecular complexity index is 1440. The first kappa shape index (κ1) is 20.1. The predicted molar refractivity (Wildman–Crippen MR) is 120 cm³/mol. The second kappa shape index (κ2) is 7.24. The second-order valence-electron chi connectivity index (χ2n) is 8.56. The molecule has 166 valence electrons. The van der Waals surface area contributed by atoms with Crippen LogP contribution in [0.4, 0.5) is 0 Å². The standard InChI is InChI=1S/C21H21ClN6O3S/c22-13-1-2-18-16(7-13)25-19(28(18)14-8-21(24-9-14)11-31-12-21)4-6-32(29,30)20-15-3-5-23-10-17(15)26-27-20/h1-3,5,7,10,14,24H,4,6,8-9,11-12H2,(H,26,27). The summed E-state index contributed by atoms with van der Waals surface area (Å²) in [5.74, 6) is 0.636. The lowest BCUT2D eigenvalue weighted by Gasteiger charge is -2.38. The van der Waals surface area contributed by atoms with Gasteiger partial charge in [-0.25, -0.2) is 13.4 Å². The van der Waals surface area contributed by atoms with Gasteiger partial charge in [0, 0.05) is 35.6 Å². The summed E-state index contributed by atoms with van der Waals surface area (Å²) in [5, 5.41) is 11.6. The lowest BCUT2D eigenvalue weighted by Crippen LogP contribution is -2.56. The molecule has 2 N–H and O–H groups in total. The zero-order valence-corrected chi connectivity index (χ0v) is 18.7. The highest BCUT2D eigenvalue weighted by atomic mass is 35.5. The molecule has 1 spiro atoms. The molecule has 5 heterocycles. The smallest absolute Gasteiger partial charge is 0.198 e. The van der Waals surface area contributed by atoms with Gasteiger partial charge in [-0.1, -0.05) is 11.6 Å². The molecule has 11 heteroatoms. The Hall–Kier alpha value is -2.53. The average Bonchev–Trinajstić information content (AvgIpc) is 3.46. The van der Waals surface area contributed by atoms with Crippen molar-refractivity contribution in [2.24, 2.45) is 0 Å². The summed E-state index contributed by atoms with van der Waals surface area (Å²) in [6, 6.07) is 7.45. The highest BCUT2D eigenvalue weighted by Crippen LogP contribution is 2.36. The van der Waals surface area contributed by atoms with E-state index in [0.717, 1.165) is 29.8 Å². The van der Waals surface area contributed by atoms with E-state index >= 15 is 0 Å². The van der Waals surface area contributed by atoms with Gasteiger partial charge in [-0.15, -0.1) is 0 Å². The predicted octanol–water partition coefficient (Wildman–Crippen LogP) is 2.28. The van der Waals surface area contributed by atoms with Crippen LogP contribution in [0.1, 0.15) is 18.3 Å². The monoisotopic (exact) mass is 472 g/mol. The third-order valence-electron chi connectivity index (χ3n) is 6.40. The van der Waals surface area contributed by atoms with Gasteiger partial charge in [0.1, 0.15) is 5.82 Å². The minimum absolute atomic E-state index is 0.0129. The number of pyridine rings is 1. The van der Waals surface area contributed by atoms with E-state index in [1.54, 1.807) is 18.5 Å². The third-order valence-corrected chi connectivity index (χ3v) is 8.28. The van der Waals surface area contributed by atoms with E-state index < -0.39 is 9.84 Å². The summed E-state index contributed by atoms with van der Waals surface area (Å²) >= 11 is 6.20. The number of nitrogens with one attached hydrogen (secondary N) is 2. The lowest BCUT2D eigenvalue weighted by atomic mass is 9.94. The van der Waals surface area contributed by atoms with Crippen LogP contribution in [0, 0.1) is 0 Å². The maximum atomic E-state index is 13.2. The van der Waals surface area contributed by atoms with Crippen molar-refractivity contribution in [3.63, 3.8) is 0 Å². The molecule has 2 fully saturated rings. The van der Waals surface area contributed by atoms with E-state index in [2.05, 4.69) is 25.1 Å². The summed E-state index contributed by atoms with van der Waals surface area (Å²) < 4.78 is 33.9. The lowest BCUT2D eigenvalue weighted by molar-refractivity contribution is -0.0656. The van der Waals surface area contributed by atoms with Crippen molar-refractivity contribution in [2.45, 2.75) is 29.4 Å². The fourth-order valence-electron chi connectivity index (χ4n) is 4.79. The van der Waals surface area contributed by atoms with Gasteiger partial charge in [-0.3, -0.25) is 10.1 Å². The second-order valence-corrected chi connectivity index (χ2v) is 11.0. The van der Waals surface area contributed by atoms with Crippen molar-refractivity contribution in [1.29, 1.82) is 0 Å². The number of imidazole rings is 1. The first-order valence-electron chi connectivity index (χ1n) is 10.4. The number of ether oxygens (including phenoxy) is 1. The molecule has 32 heavy (non-hydrogen) atoms. The Kier molecular flexibility index (Phi) is 4.55. The van der Waals surface area contributed by atoms with Gasteiger partial charge in [-0.05, 0) is 30.7 Å². The fraction of sp³-hybridized carbons (Fsp3) is 0.381. The summed E-state index contributed by atoms with van der Waals surface area (Å²) in [4.78, 5) is 8.78. The molecule has 2 aliphatic rings. The molecular formula is C21H21ClN6O3S. The summed E-state index contributed by atoms with van der Waals surface area (Å²) in [7, 11) is -3.63. The topological polar surface area (TPSA) is 115 Å². The normalized spacial score (nSPS) is 20.3. The van der Waals surface area contributed by atoms with Gasteiger partial charge in [0.25, 0.3) is 0 Å². The maximum Gasteiger partial charge on any atom is 0.198 e. The van der Waals surface area contributed by atoms with Crippen LogP contribution in [0.3, 0.4) is 0 Å². The molecule has 2 saturated heterocycles. The Morgan fingerprint density at radius 3 is 2.94 bits per heavy atom. The number of H-pyrrole nitrogens is 1. The molecule has 2 aliphatic heterocycles. The largest absolute Gasteiger partial charge is 0.377 e. The van der Waals surface area contributed by atoms with Crippen molar-refractivity contribution in [3.05, 3.63) is 47.5 Å². The van der Waals surface area contributed by atoms with Crippen molar-refractivity contribution < 1.29 is 13.2 Å². The van der Waals surface area contributed by atoms with Crippen LogP contribution >= 0.6 is 11.6 Å². The van der Waals surface area contributed by atoms with E-state index in [0.29, 0.717) is 29.1 Å². The SMILES string of the molecule is O=S(=O)(CCc1nc2cc(Cl)ccc2n1C1CNC2(COC2)C1)c1n[nH]c2cnccc12. The van der Waals surface area contributed by atoms with E-state index in [1.165, 1.54) is 0 Å². The number of aromatic nitrogens is 5. The van der Waals surface area contributed by atoms with Gasteiger partial charge in [0.15, 0.2) is 14.9 Å². The van der Waals surface area contributed by atoms with Gasteiger partial charge < -0.3 is 14.6 Å². The summed E-state index contributed by atoms with van der Waals surface area (Å²) in [6.45, 7) is 2.19. The number of sulfone groups is 1. The average molecular weight is 473 g/mol. The van der Waals surface area contributed by atoms with Gasteiger partial charge >= 0.3 is 0 Å².